The van der Waals surface area contributed by atoms with Crippen LogP contribution < -0.4 is 5.32 Å². The van der Waals surface area contributed by atoms with Gasteiger partial charge in [0, 0.05) is 5.92 Å². The minimum absolute atomic E-state index is 0.00576. The van der Waals surface area contributed by atoms with Gasteiger partial charge in [-0.1, -0.05) is 41.5 Å². The molecule has 1 amide bonds. The lowest BCUT2D eigenvalue weighted by Crippen LogP contribution is -2.48. The SMILES string of the molecule is CC(C)[C@H](NC(=O)C1C(C)(C)C1(C)C)C(=O)OC(C)(C)C. The van der Waals surface area contributed by atoms with Crippen LogP contribution in [0.2, 0.25) is 0 Å². The zero-order valence-electron chi connectivity index (χ0n) is 15.0. The number of ether oxygens (including phenoxy) is 1. The summed E-state index contributed by atoms with van der Waals surface area (Å²) < 4.78 is 5.41. The van der Waals surface area contributed by atoms with Gasteiger partial charge in [0.15, 0.2) is 0 Å². The minimum atomic E-state index is -0.594. The fraction of sp³-hybridized carbons (Fsp3) is 0.882. The monoisotopic (exact) mass is 297 g/mol. The number of rotatable bonds is 4. The van der Waals surface area contributed by atoms with Crippen LogP contribution in [-0.4, -0.2) is 23.5 Å². The smallest absolute Gasteiger partial charge is 0.329 e. The van der Waals surface area contributed by atoms with Crippen molar-refractivity contribution in [1.82, 2.24) is 5.32 Å². The van der Waals surface area contributed by atoms with E-state index in [4.69, 9.17) is 4.74 Å². The highest BCUT2D eigenvalue weighted by atomic mass is 16.6. The molecule has 0 aliphatic heterocycles. The first-order chi connectivity index (χ1) is 9.22. The van der Waals surface area contributed by atoms with Gasteiger partial charge in [-0.25, -0.2) is 4.79 Å². The summed E-state index contributed by atoms with van der Waals surface area (Å²) in [5.41, 5.74) is -0.619. The molecule has 1 N–H and O–H groups in total. The number of hydrogen-bond donors (Lipinski definition) is 1. The van der Waals surface area contributed by atoms with Crippen LogP contribution in [0.15, 0.2) is 0 Å². The van der Waals surface area contributed by atoms with Crippen LogP contribution in [0.1, 0.15) is 62.3 Å². The molecule has 0 aromatic heterocycles. The molecule has 1 atom stereocenters. The van der Waals surface area contributed by atoms with Gasteiger partial charge >= 0.3 is 5.97 Å². The van der Waals surface area contributed by atoms with E-state index in [1.807, 2.05) is 34.6 Å². The topological polar surface area (TPSA) is 55.4 Å². The third-order valence-corrected chi connectivity index (χ3v) is 4.91. The van der Waals surface area contributed by atoms with Gasteiger partial charge in [-0.2, -0.15) is 0 Å². The van der Waals surface area contributed by atoms with Gasteiger partial charge in [-0.15, -0.1) is 0 Å². The average Bonchev–Trinajstić information content (AvgIpc) is 2.62. The van der Waals surface area contributed by atoms with Crippen molar-refractivity contribution in [1.29, 1.82) is 0 Å². The van der Waals surface area contributed by atoms with Gasteiger partial charge in [0.05, 0.1) is 0 Å². The third-order valence-electron chi connectivity index (χ3n) is 4.91. The van der Waals surface area contributed by atoms with E-state index < -0.39 is 11.6 Å². The number of hydrogen-bond acceptors (Lipinski definition) is 3. The van der Waals surface area contributed by atoms with E-state index in [1.54, 1.807) is 0 Å². The summed E-state index contributed by atoms with van der Waals surface area (Å²) in [7, 11) is 0. The molecule has 0 heterocycles. The zero-order chi connectivity index (χ0) is 16.8. The van der Waals surface area contributed by atoms with Crippen molar-refractivity contribution in [3.8, 4) is 0 Å². The maximum Gasteiger partial charge on any atom is 0.329 e. The van der Waals surface area contributed by atoms with E-state index in [1.165, 1.54) is 0 Å². The van der Waals surface area contributed by atoms with Crippen molar-refractivity contribution in [2.75, 3.05) is 0 Å². The Hall–Kier alpha value is -1.06. The molecule has 21 heavy (non-hydrogen) atoms. The molecule has 0 radical (unpaired) electrons. The molecule has 0 spiro atoms. The Bertz CT molecular complexity index is 416. The summed E-state index contributed by atoms with van der Waals surface area (Å²) in [6, 6.07) is -0.594. The normalized spacial score (nSPS) is 21.8. The predicted octanol–water partition coefficient (Wildman–Crippen LogP) is 3.15. The molecule has 4 heteroatoms. The highest BCUT2D eigenvalue weighted by molar-refractivity contribution is 5.89. The second kappa shape index (κ2) is 5.29. The molecule has 0 unspecified atom stereocenters. The Balaban J connectivity index is 2.77. The maximum absolute atomic E-state index is 12.5. The van der Waals surface area contributed by atoms with Gasteiger partial charge in [0.25, 0.3) is 0 Å². The summed E-state index contributed by atoms with van der Waals surface area (Å²) in [6.07, 6.45) is 0. The highest BCUT2D eigenvalue weighted by Gasteiger charge is 2.68. The van der Waals surface area contributed by atoms with Crippen LogP contribution in [0, 0.1) is 22.7 Å². The van der Waals surface area contributed by atoms with E-state index in [0.29, 0.717) is 0 Å². The van der Waals surface area contributed by atoms with Crippen LogP contribution in [0.4, 0.5) is 0 Å². The summed E-state index contributed by atoms with van der Waals surface area (Å²) in [5, 5.41) is 2.90. The second-order valence-corrected chi connectivity index (χ2v) is 8.64. The molecule has 122 valence electrons. The lowest BCUT2D eigenvalue weighted by molar-refractivity contribution is -0.160. The van der Waals surface area contributed by atoms with E-state index in [2.05, 4.69) is 33.0 Å². The molecule has 1 rings (SSSR count). The molecule has 0 saturated heterocycles. The van der Waals surface area contributed by atoms with Crippen LogP contribution >= 0.6 is 0 Å². The first kappa shape index (κ1) is 18.0. The van der Waals surface area contributed by atoms with Crippen molar-refractivity contribution in [2.24, 2.45) is 22.7 Å². The van der Waals surface area contributed by atoms with Crippen LogP contribution in [0.25, 0.3) is 0 Å². The number of carbonyl (C=O) groups excluding carboxylic acids is 2. The van der Waals surface area contributed by atoms with E-state index in [0.717, 1.165) is 0 Å². The molecule has 0 aromatic rings. The number of amides is 1. The van der Waals surface area contributed by atoms with Crippen molar-refractivity contribution in [3.05, 3.63) is 0 Å². The fourth-order valence-corrected chi connectivity index (χ4v) is 2.95. The lowest BCUT2D eigenvalue weighted by atomic mass is 10.0. The van der Waals surface area contributed by atoms with Gasteiger partial charge in [0.2, 0.25) is 5.91 Å². The maximum atomic E-state index is 12.5. The Labute approximate surface area is 129 Å². The Kier molecular flexibility index (Phi) is 4.53. The zero-order valence-corrected chi connectivity index (χ0v) is 15.0. The molecular formula is C17H31NO3. The Morgan fingerprint density at radius 3 is 1.76 bits per heavy atom. The summed E-state index contributed by atoms with van der Waals surface area (Å²) in [5.74, 6) is -0.473. The number of carbonyl (C=O) groups is 2. The fourth-order valence-electron chi connectivity index (χ4n) is 2.95. The molecule has 0 bridgehead atoms. The highest BCUT2D eigenvalue weighted by Crippen LogP contribution is 2.68. The standard InChI is InChI=1S/C17H31NO3/c1-10(2)11(14(20)21-15(3,4)5)18-13(19)12-16(6,7)17(12,8)9/h10-12H,1-9H3,(H,18,19)/t11-/m0/s1. The quantitative estimate of drug-likeness (QED) is 0.811. The Morgan fingerprint density at radius 2 is 1.48 bits per heavy atom. The van der Waals surface area contributed by atoms with E-state index in [9.17, 15) is 9.59 Å². The molecular weight excluding hydrogens is 266 g/mol. The molecule has 1 fully saturated rings. The summed E-state index contributed by atoms with van der Waals surface area (Å²) in [6.45, 7) is 17.7. The van der Waals surface area contributed by atoms with Gasteiger partial charge < -0.3 is 10.1 Å². The van der Waals surface area contributed by atoms with Crippen molar-refractivity contribution >= 4 is 11.9 Å². The Morgan fingerprint density at radius 1 is 1.05 bits per heavy atom. The van der Waals surface area contributed by atoms with Crippen molar-refractivity contribution in [3.63, 3.8) is 0 Å². The number of esters is 1. The first-order valence-electron chi connectivity index (χ1n) is 7.75. The molecule has 1 aliphatic rings. The predicted molar refractivity (Wildman–Crippen MR) is 83.7 cm³/mol. The van der Waals surface area contributed by atoms with Crippen LogP contribution in [0.5, 0.6) is 0 Å². The minimum Gasteiger partial charge on any atom is -0.458 e. The molecule has 1 aliphatic carbocycles. The first-order valence-corrected chi connectivity index (χ1v) is 7.75. The van der Waals surface area contributed by atoms with E-state index >= 15 is 0 Å². The average molecular weight is 297 g/mol. The molecule has 4 nitrogen and oxygen atoms in total. The van der Waals surface area contributed by atoms with Gasteiger partial charge in [0.1, 0.15) is 11.6 Å². The summed E-state index contributed by atoms with van der Waals surface area (Å²) in [4.78, 5) is 24.8. The van der Waals surface area contributed by atoms with Crippen molar-refractivity contribution < 1.29 is 14.3 Å². The summed E-state index contributed by atoms with van der Waals surface area (Å²) >= 11 is 0. The van der Waals surface area contributed by atoms with Crippen molar-refractivity contribution in [2.45, 2.75) is 74.0 Å². The van der Waals surface area contributed by atoms with Gasteiger partial charge in [-0.05, 0) is 37.5 Å². The molecule has 1 saturated carbocycles. The second-order valence-electron chi connectivity index (χ2n) is 8.64. The lowest BCUT2D eigenvalue weighted by Gasteiger charge is -2.26. The van der Waals surface area contributed by atoms with Gasteiger partial charge in [-0.3, -0.25) is 4.79 Å². The largest absolute Gasteiger partial charge is 0.458 e. The van der Waals surface area contributed by atoms with Crippen LogP contribution in [-0.2, 0) is 14.3 Å². The number of nitrogens with one attached hydrogen (secondary N) is 1. The molecule has 0 aromatic carbocycles. The third kappa shape index (κ3) is 3.58. The van der Waals surface area contributed by atoms with E-state index in [-0.39, 0.29) is 34.5 Å². The van der Waals surface area contributed by atoms with Crippen LogP contribution in [0.3, 0.4) is 0 Å².